The minimum atomic E-state index is -1.32. The first-order valence-electron chi connectivity index (χ1n) is 19.5. The van der Waals surface area contributed by atoms with Crippen molar-refractivity contribution >= 4 is 41.4 Å². The predicted octanol–water partition coefficient (Wildman–Crippen LogP) is -0.716. The van der Waals surface area contributed by atoms with Crippen LogP contribution in [0.2, 0.25) is 0 Å². The number of carbonyl (C=O) groups excluding carboxylic acids is 6. The SMILES string of the molecule is CC(C)(C)[C@H](NC(=O)[C@H](CCCNC(=N)N)NC(=O)[C@@H]1COCc2cn(nn2)CCCCC(=O)N2CCC[C@H]2C(=O)N[C@@H](C2CCCCC2)C(=O)N1)C(N)=O. The van der Waals surface area contributed by atoms with Crippen molar-refractivity contribution in [2.45, 2.75) is 141 Å². The van der Waals surface area contributed by atoms with Gasteiger partial charge in [0.25, 0.3) is 0 Å². The highest BCUT2D eigenvalue weighted by atomic mass is 16.5. The summed E-state index contributed by atoms with van der Waals surface area (Å²) in [5.41, 5.74) is 10.8. The zero-order valence-electron chi connectivity index (χ0n) is 32.4. The Labute approximate surface area is 322 Å². The molecule has 1 aliphatic carbocycles. The second-order valence-electron chi connectivity index (χ2n) is 15.9. The zero-order chi connectivity index (χ0) is 40.1. The Morgan fingerprint density at radius 3 is 2.42 bits per heavy atom. The maximum atomic E-state index is 14.3. The largest absolute Gasteiger partial charge is 0.372 e. The van der Waals surface area contributed by atoms with Crippen LogP contribution in [0.1, 0.15) is 104 Å². The van der Waals surface area contributed by atoms with Crippen LogP contribution in [0.25, 0.3) is 0 Å². The highest BCUT2D eigenvalue weighted by Crippen LogP contribution is 2.28. The van der Waals surface area contributed by atoms with E-state index in [-0.39, 0.29) is 50.4 Å². The maximum absolute atomic E-state index is 14.3. The van der Waals surface area contributed by atoms with Crippen molar-refractivity contribution in [3.05, 3.63) is 11.9 Å². The first-order chi connectivity index (χ1) is 26.1. The molecule has 2 aliphatic heterocycles. The van der Waals surface area contributed by atoms with Gasteiger partial charge >= 0.3 is 0 Å². The third-order valence-corrected chi connectivity index (χ3v) is 10.4. The topological polar surface area (TPSA) is 282 Å². The number of primary amides is 1. The van der Waals surface area contributed by atoms with Crippen LogP contribution >= 0.6 is 0 Å². The van der Waals surface area contributed by atoms with E-state index < -0.39 is 65.2 Å². The molecule has 19 heteroatoms. The highest BCUT2D eigenvalue weighted by molar-refractivity contribution is 5.96. The number of nitrogens with one attached hydrogen (secondary N) is 6. The van der Waals surface area contributed by atoms with Crippen molar-refractivity contribution in [1.29, 1.82) is 5.41 Å². The molecule has 306 valence electrons. The monoisotopic (exact) mass is 772 g/mol. The Morgan fingerprint density at radius 1 is 0.982 bits per heavy atom. The second kappa shape index (κ2) is 20.2. The molecule has 2 fully saturated rings. The third kappa shape index (κ3) is 12.9. The summed E-state index contributed by atoms with van der Waals surface area (Å²) >= 11 is 0. The molecular formula is C36H60N12O7. The van der Waals surface area contributed by atoms with Gasteiger partial charge in [0.05, 0.1) is 19.4 Å². The molecule has 0 aromatic carbocycles. The van der Waals surface area contributed by atoms with Gasteiger partial charge in [-0.3, -0.25) is 38.9 Å². The number of hydrogen-bond acceptors (Lipinski definition) is 10. The van der Waals surface area contributed by atoms with Gasteiger partial charge in [0.1, 0.15) is 35.9 Å². The Kier molecular flexibility index (Phi) is 15.8. The molecule has 2 bridgehead atoms. The first-order valence-corrected chi connectivity index (χ1v) is 19.5. The fourth-order valence-corrected chi connectivity index (χ4v) is 7.41. The Hall–Kier alpha value is -4.81. The standard InChI is InChI=1S/C36H60N12O7/c1-36(2,3)29(30(37)50)44-31(51)24(13-9-16-40-35(38)39)41-32(52)25-21-55-20-23-19-47(46-45-23)17-8-7-15-27(49)48-18-10-14-26(48)33(53)43-28(34(54)42-25)22-11-5-4-6-12-22/h19,22,24-26,28-29H,4-18,20-21H2,1-3H3,(H2,37,50)(H,41,52)(H,42,54)(H,43,53)(H,44,51)(H4,38,39,40)/t24-,25-,26-,28-,29+/m0/s1. The fraction of sp³-hybridized carbons (Fsp3) is 0.750. The summed E-state index contributed by atoms with van der Waals surface area (Å²) in [6.45, 7) is 6.08. The fourth-order valence-electron chi connectivity index (χ4n) is 7.41. The number of rotatable bonds is 10. The normalized spacial score (nSPS) is 23.4. The van der Waals surface area contributed by atoms with Crippen LogP contribution in [0.15, 0.2) is 6.20 Å². The number of ether oxygens (including phenoxy) is 1. The smallest absolute Gasteiger partial charge is 0.245 e. The van der Waals surface area contributed by atoms with Crippen molar-refractivity contribution in [1.82, 2.24) is 46.5 Å². The van der Waals surface area contributed by atoms with Crippen molar-refractivity contribution in [2.24, 2.45) is 22.8 Å². The molecule has 0 unspecified atom stereocenters. The van der Waals surface area contributed by atoms with E-state index in [2.05, 4.69) is 36.9 Å². The van der Waals surface area contributed by atoms with E-state index in [0.717, 1.165) is 19.3 Å². The first kappa shape index (κ1) is 42.9. The summed E-state index contributed by atoms with van der Waals surface area (Å²) in [6, 6.07) is -5.25. The van der Waals surface area contributed by atoms with Crippen molar-refractivity contribution in [3.63, 3.8) is 0 Å². The Balaban J connectivity index is 1.61. The van der Waals surface area contributed by atoms with Crippen molar-refractivity contribution < 1.29 is 33.5 Å². The number of carbonyl (C=O) groups is 6. The number of nitrogens with zero attached hydrogens (tertiary/aromatic N) is 4. The van der Waals surface area contributed by atoms with E-state index >= 15 is 0 Å². The number of hydrogen-bond donors (Lipinski definition) is 8. The molecule has 6 amide bonds. The molecule has 0 spiro atoms. The summed E-state index contributed by atoms with van der Waals surface area (Å²) < 4.78 is 7.56. The third-order valence-electron chi connectivity index (χ3n) is 10.4. The van der Waals surface area contributed by atoms with E-state index in [9.17, 15) is 28.8 Å². The van der Waals surface area contributed by atoms with Gasteiger partial charge in [0.2, 0.25) is 35.4 Å². The van der Waals surface area contributed by atoms with E-state index in [1.54, 1.807) is 36.5 Å². The van der Waals surface area contributed by atoms with E-state index in [4.69, 9.17) is 21.6 Å². The van der Waals surface area contributed by atoms with Crippen LogP contribution in [0.5, 0.6) is 0 Å². The molecule has 5 atom stereocenters. The molecule has 4 rings (SSSR count). The highest BCUT2D eigenvalue weighted by Gasteiger charge is 2.40. The second-order valence-corrected chi connectivity index (χ2v) is 15.9. The summed E-state index contributed by atoms with van der Waals surface area (Å²) in [4.78, 5) is 83.1. The lowest BCUT2D eigenvalue weighted by molar-refractivity contribution is -0.140. The Morgan fingerprint density at radius 2 is 1.73 bits per heavy atom. The van der Waals surface area contributed by atoms with Gasteiger partial charge in [-0.05, 0) is 62.7 Å². The van der Waals surface area contributed by atoms with Crippen LogP contribution in [-0.2, 0) is 46.7 Å². The van der Waals surface area contributed by atoms with Crippen LogP contribution in [0.3, 0.4) is 0 Å². The lowest BCUT2D eigenvalue weighted by Crippen LogP contribution is -2.61. The van der Waals surface area contributed by atoms with Gasteiger partial charge in [-0.1, -0.05) is 45.2 Å². The molecule has 3 aliphatic rings. The van der Waals surface area contributed by atoms with Gasteiger partial charge in [-0.25, -0.2) is 0 Å². The average Bonchev–Trinajstić information content (AvgIpc) is 3.81. The van der Waals surface area contributed by atoms with Crippen LogP contribution in [0, 0.1) is 16.7 Å². The number of aryl methyl sites for hydroxylation is 1. The quantitative estimate of drug-likeness (QED) is 0.0835. The number of guanidine groups is 1. The van der Waals surface area contributed by atoms with E-state index in [1.807, 2.05) is 0 Å². The molecular weight excluding hydrogens is 712 g/mol. The molecule has 19 nitrogen and oxygen atoms in total. The summed E-state index contributed by atoms with van der Waals surface area (Å²) in [5, 5.41) is 29.6. The summed E-state index contributed by atoms with van der Waals surface area (Å²) in [7, 11) is 0. The minimum Gasteiger partial charge on any atom is -0.372 e. The molecule has 1 saturated heterocycles. The van der Waals surface area contributed by atoms with Gasteiger partial charge in [-0.15, -0.1) is 5.10 Å². The maximum Gasteiger partial charge on any atom is 0.245 e. The van der Waals surface area contributed by atoms with E-state index in [1.165, 1.54) is 0 Å². The average molecular weight is 773 g/mol. The van der Waals surface area contributed by atoms with Crippen molar-refractivity contribution in [2.75, 3.05) is 19.7 Å². The Bertz CT molecular complexity index is 1520. The summed E-state index contributed by atoms with van der Waals surface area (Å²) in [6.07, 6.45) is 8.93. The molecule has 1 aromatic heterocycles. The molecule has 55 heavy (non-hydrogen) atoms. The lowest BCUT2D eigenvalue weighted by atomic mass is 9.83. The molecule has 0 radical (unpaired) electrons. The lowest BCUT2D eigenvalue weighted by Gasteiger charge is -2.33. The number of fused-ring (bicyclic) bond motifs is 3. The van der Waals surface area contributed by atoms with Gasteiger partial charge in [-0.2, -0.15) is 0 Å². The van der Waals surface area contributed by atoms with Crippen LogP contribution in [-0.4, -0.2) is 111 Å². The van der Waals surface area contributed by atoms with E-state index in [0.29, 0.717) is 63.7 Å². The molecule has 1 aromatic rings. The predicted molar refractivity (Wildman–Crippen MR) is 200 cm³/mol. The van der Waals surface area contributed by atoms with Crippen LogP contribution in [0.4, 0.5) is 0 Å². The number of amides is 6. The summed E-state index contributed by atoms with van der Waals surface area (Å²) in [5.74, 6) is -3.72. The number of aromatic nitrogens is 3. The van der Waals surface area contributed by atoms with Gasteiger partial charge in [0, 0.05) is 26.1 Å². The molecule has 3 heterocycles. The van der Waals surface area contributed by atoms with Crippen molar-refractivity contribution in [3.8, 4) is 0 Å². The molecule has 10 N–H and O–H groups in total. The number of nitrogens with two attached hydrogens (primary N) is 2. The zero-order valence-corrected chi connectivity index (χ0v) is 32.4. The van der Waals surface area contributed by atoms with Crippen LogP contribution < -0.4 is 38.1 Å². The van der Waals surface area contributed by atoms with Gasteiger partial charge in [0.15, 0.2) is 5.96 Å². The van der Waals surface area contributed by atoms with Gasteiger partial charge < -0.3 is 47.7 Å². The minimum absolute atomic E-state index is 0.0376. The molecule has 1 saturated carbocycles.